The van der Waals surface area contributed by atoms with E-state index in [2.05, 4.69) is 15.4 Å². The third-order valence-electron chi connectivity index (χ3n) is 3.56. The number of aryl methyl sites for hydroxylation is 1. The zero-order chi connectivity index (χ0) is 10.3. The smallest absolute Gasteiger partial charge is 0.140 e. The maximum Gasteiger partial charge on any atom is 0.140 e. The molecule has 0 amide bonds. The molecule has 0 spiro atoms. The average molecular weight is 206 g/mol. The molecule has 1 N–H and O–H groups in total. The fourth-order valence-electron chi connectivity index (χ4n) is 2.32. The zero-order valence-corrected chi connectivity index (χ0v) is 9.19. The molecule has 1 heterocycles. The molecule has 2 fully saturated rings. The number of nitrogens with zero attached hydrogens (tertiary/aromatic N) is 3. The first-order valence-corrected chi connectivity index (χ1v) is 5.91. The summed E-state index contributed by atoms with van der Waals surface area (Å²) in [4.78, 5) is 4.24. The zero-order valence-electron chi connectivity index (χ0n) is 9.19. The van der Waals surface area contributed by atoms with Crippen LogP contribution >= 0.6 is 0 Å². The molecule has 2 saturated carbocycles. The van der Waals surface area contributed by atoms with E-state index >= 15 is 0 Å². The highest BCUT2D eigenvalue weighted by atomic mass is 15.3. The molecule has 0 aromatic carbocycles. The van der Waals surface area contributed by atoms with Crippen LogP contribution in [0.25, 0.3) is 0 Å². The number of aromatic nitrogens is 3. The molecule has 82 valence electrons. The van der Waals surface area contributed by atoms with E-state index in [0.29, 0.717) is 0 Å². The van der Waals surface area contributed by atoms with Gasteiger partial charge in [-0.3, -0.25) is 4.68 Å². The lowest BCUT2D eigenvalue weighted by Crippen LogP contribution is -2.33. The first-order valence-electron chi connectivity index (χ1n) is 5.91. The molecule has 0 atom stereocenters. The van der Waals surface area contributed by atoms with Crippen molar-refractivity contribution in [1.29, 1.82) is 0 Å². The van der Waals surface area contributed by atoms with E-state index in [0.717, 1.165) is 30.2 Å². The number of hydrogen-bond acceptors (Lipinski definition) is 3. The van der Waals surface area contributed by atoms with Crippen molar-refractivity contribution in [2.75, 3.05) is 0 Å². The molecule has 0 radical (unpaired) electrons. The fourth-order valence-corrected chi connectivity index (χ4v) is 2.32. The summed E-state index contributed by atoms with van der Waals surface area (Å²) in [5.74, 6) is 2.94. The Kier molecular flexibility index (Phi) is 2.24. The van der Waals surface area contributed by atoms with Crippen molar-refractivity contribution >= 4 is 0 Å². The Morgan fingerprint density at radius 1 is 1.40 bits per heavy atom. The lowest BCUT2D eigenvalue weighted by molar-refractivity contribution is 0.406. The SMILES string of the molecule is Cn1ncnc1CNC(C1CC1)C1CC1. The molecule has 0 unspecified atom stereocenters. The Morgan fingerprint density at radius 3 is 2.53 bits per heavy atom. The number of rotatable bonds is 5. The van der Waals surface area contributed by atoms with Gasteiger partial charge in [0.2, 0.25) is 0 Å². The number of hydrogen-bond donors (Lipinski definition) is 1. The third kappa shape index (κ3) is 2.04. The molecule has 0 bridgehead atoms. The first kappa shape index (κ1) is 9.33. The summed E-state index contributed by atoms with van der Waals surface area (Å²) in [6.45, 7) is 0.869. The molecule has 0 aliphatic heterocycles. The summed E-state index contributed by atoms with van der Waals surface area (Å²) in [6.07, 6.45) is 7.32. The quantitative estimate of drug-likeness (QED) is 0.784. The molecule has 1 aromatic heterocycles. The minimum absolute atomic E-state index is 0.752. The van der Waals surface area contributed by atoms with Crippen LogP contribution in [0.4, 0.5) is 0 Å². The Hall–Kier alpha value is -0.900. The summed E-state index contributed by atoms with van der Waals surface area (Å²) in [7, 11) is 1.95. The molecule has 3 rings (SSSR count). The topological polar surface area (TPSA) is 42.7 Å². The fraction of sp³-hybridized carbons (Fsp3) is 0.818. The summed E-state index contributed by atoms with van der Waals surface area (Å²) < 4.78 is 1.85. The second-order valence-electron chi connectivity index (χ2n) is 4.88. The van der Waals surface area contributed by atoms with Crippen LogP contribution < -0.4 is 5.32 Å². The van der Waals surface area contributed by atoms with Crippen LogP contribution in [0, 0.1) is 11.8 Å². The second kappa shape index (κ2) is 3.59. The molecule has 15 heavy (non-hydrogen) atoms. The van der Waals surface area contributed by atoms with E-state index in [4.69, 9.17) is 0 Å². The van der Waals surface area contributed by atoms with Gasteiger partial charge in [0.1, 0.15) is 12.2 Å². The van der Waals surface area contributed by atoms with Crippen LogP contribution in [0.3, 0.4) is 0 Å². The summed E-state index contributed by atoms with van der Waals surface area (Å²) in [6, 6.07) is 0.752. The lowest BCUT2D eigenvalue weighted by atomic mass is 10.1. The van der Waals surface area contributed by atoms with E-state index < -0.39 is 0 Å². The molecule has 4 heteroatoms. The van der Waals surface area contributed by atoms with Gasteiger partial charge in [-0.2, -0.15) is 5.10 Å². The van der Waals surface area contributed by atoms with Crippen LogP contribution in [0.15, 0.2) is 6.33 Å². The highest BCUT2D eigenvalue weighted by Crippen LogP contribution is 2.44. The Bertz CT molecular complexity index is 326. The highest BCUT2D eigenvalue weighted by Gasteiger charge is 2.41. The lowest BCUT2D eigenvalue weighted by Gasteiger charge is -2.16. The molecular weight excluding hydrogens is 188 g/mol. The van der Waals surface area contributed by atoms with Crippen molar-refractivity contribution in [3.63, 3.8) is 0 Å². The van der Waals surface area contributed by atoms with Crippen molar-refractivity contribution in [3.8, 4) is 0 Å². The van der Waals surface area contributed by atoms with Crippen LogP contribution in [-0.4, -0.2) is 20.8 Å². The number of nitrogens with one attached hydrogen (secondary N) is 1. The second-order valence-corrected chi connectivity index (χ2v) is 4.88. The van der Waals surface area contributed by atoms with Gasteiger partial charge in [-0.1, -0.05) is 0 Å². The van der Waals surface area contributed by atoms with Gasteiger partial charge in [0.25, 0.3) is 0 Å². The van der Waals surface area contributed by atoms with Crippen molar-refractivity contribution in [2.45, 2.75) is 38.3 Å². The minimum atomic E-state index is 0.752. The Labute approximate surface area is 90.1 Å². The van der Waals surface area contributed by atoms with Crippen molar-refractivity contribution in [3.05, 3.63) is 12.2 Å². The van der Waals surface area contributed by atoms with Gasteiger partial charge < -0.3 is 5.32 Å². The van der Waals surface area contributed by atoms with Crippen molar-refractivity contribution in [1.82, 2.24) is 20.1 Å². The maximum absolute atomic E-state index is 4.24. The van der Waals surface area contributed by atoms with Gasteiger partial charge in [0.15, 0.2) is 0 Å². The average Bonchev–Trinajstić information content (AvgIpc) is 3.11. The first-order chi connectivity index (χ1) is 7.34. The summed E-state index contributed by atoms with van der Waals surface area (Å²) >= 11 is 0. The Morgan fingerprint density at radius 2 is 2.07 bits per heavy atom. The van der Waals surface area contributed by atoms with Crippen LogP contribution in [0.5, 0.6) is 0 Å². The normalized spacial score (nSPS) is 21.2. The third-order valence-corrected chi connectivity index (χ3v) is 3.56. The van der Waals surface area contributed by atoms with Gasteiger partial charge in [-0.25, -0.2) is 4.98 Å². The molecule has 2 aliphatic carbocycles. The Balaban J connectivity index is 1.57. The van der Waals surface area contributed by atoms with E-state index in [1.165, 1.54) is 25.7 Å². The van der Waals surface area contributed by atoms with Gasteiger partial charge >= 0.3 is 0 Å². The van der Waals surface area contributed by atoms with Crippen molar-refractivity contribution in [2.24, 2.45) is 18.9 Å². The molecule has 2 aliphatic rings. The monoisotopic (exact) mass is 206 g/mol. The van der Waals surface area contributed by atoms with Gasteiger partial charge in [-0.05, 0) is 37.5 Å². The predicted octanol–water partition coefficient (Wildman–Crippen LogP) is 1.09. The molecule has 1 aromatic rings. The van der Waals surface area contributed by atoms with E-state index in [1.807, 2.05) is 11.7 Å². The van der Waals surface area contributed by atoms with E-state index in [-0.39, 0.29) is 0 Å². The van der Waals surface area contributed by atoms with Gasteiger partial charge in [-0.15, -0.1) is 0 Å². The van der Waals surface area contributed by atoms with E-state index in [1.54, 1.807) is 6.33 Å². The molecule has 4 nitrogen and oxygen atoms in total. The maximum atomic E-state index is 4.24. The molecular formula is C11H18N4. The van der Waals surface area contributed by atoms with E-state index in [9.17, 15) is 0 Å². The van der Waals surface area contributed by atoms with Crippen LogP contribution in [-0.2, 0) is 13.6 Å². The van der Waals surface area contributed by atoms with Gasteiger partial charge in [0.05, 0.1) is 6.54 Å². The predicted molar refractivity (Wildman–Crippen MR) is 57.1 cm³/mol. The summed E-state index contributed by atoms with van der Waals surface area (Å²) in [5.41, 5.74) is 0. The van der Waals surface area contributed by atoms with Crippen LogP contribution in [0.2, 0.25) is 0 Å². The highest BCUT2D eigenvalue weighted by molar-refractivity contribution is 4.97. The van der Waals surface area contributed by atoms with Crippen molar-refractivity contribution < 1.29 is 0 Å². The largest absolute Gasteiger partial charge is 0.306 e. The minimum Gasteiger partial charge on any atom is -0.306 e. The van der Waals surface area contributed by atoms with Crippen LogP contribution in [0.1, 0.15) is 31.5 Å². The summed E-state index contributed by atoms with van der Waals surface area (Å²) in [5, 5.41) is 7.74. The standard InChI is InChI=1S/C11H18N4/c1-15-10(13-7-14-15)6-12-11(8-2-3-8)9-4-5-9/h7-9,11-12H,2-6H2,1H3. The van der Waals surface area contributed by atoms with Gasteiger partial charge in [0, 0.05) is 13.1 Å². The molecule has 0 saturated heterocycles.